The van der Waals surface area contributed by atoms with Gasteiger partial charge in [0.15, 0.2) is 9.84 Å². The molecule has 1 N–H and O–H groups in total. The second-order valence-corrected chi connectivity index (χ2v) is 6.73. The van der Waals surface area contributed by atoms with Crippen LogP contribution in [0.15, 0.2) is 11.6 Å². The number of sulfone groups is 1. The van der Waals surface area contributed by atoms with Gasteiger partial charge in [0.2, 0.25) is 0 Å². The van der Waals surface area contributed by atoms with Crippen molar-refractivity contribution in [3.63, 3.8) is 0 Å². The average Bonchev–Trinajstić information content (AvgIpc) is 2.19. The molecule has 0 aromatic heterocycles. The molecule has 1 aliphatic rings. The Morgan fingerprint density at radius 1 is 1.40 bits per heavy atom. The Bertz CT molecular complexity index is 332. The molecule has 0 amide bonds. The SMILES string of the molecule is CNC(C1=CCCCC1)C(C)S(C)(=O)=O. The van der Waals surface area contributed by atoms with Gasteiger partial charge >= 0.3 is 0 Å². The van der Waals surface area contributed by atoms with Crippen molar-refractivity contribution in [2.75, 3.05) is 13.3 Å². The largest absolute Gasteiger partial charge is 0.312 e. The first-order valence-corrected chi connectivity index (χ1v) is 7.47. The minimum absolute atomic E-state index is 0.0136. The van der Waals surface area contributed by atoms with Crippen LogP contribution in [0.3, 0.4) is 0 Å². The Morgan fingerprint density at radius 2 is 2.07 bits per heavy atom. The van der Waals surface area contributed by atoms with E-state index >= 15 is 0 Å². The zero-order valence-electron chi connectivity index (χ0n) is 9.79. The first-order chi connectivity index (χ1) is 6.96. The van der Waals surface area contributed by atoms with Crippen molar-refractivity contribution in [2.24, 2.45) is 0 Å². The van der Waals surface area contributed by atoms with Gasteiger partial charge in [0, 0.05) is 12.3 Å². The Kier molecular flexibility index (Phi) is 4.34. The zero-order valence-corrected chi connectivity index (χ0v) is 10.6. The highest BCUT2D eigenvalue weighted by molar-refractivity contribution is 7.91. The molecule has 0 heterocycles. The normalized spacial score (nSPS) is 21.9. The van der Waals surface area contributed by atoms with Crippen LogP contribution in [-0.2, 0) is 9.84 Å². The van der Waals surface area contributed by atoms with Gasteiger partial charge < -0.3 is 5.32 Å². The smallest absolute Gasteiger partial charge is 0.151 e. The van der Waals surface area contributed by atoms with Gasteiger partial charge in [-0.2, -0.15) is 0 Å². The molecule has 0 radical (unpaired) electrons. The van der Waals surface area contributed by atoms with E-state index in [0.717, 1.165) is 12.8 Å². The molecule has 4 heteroatoms. The summed E-state index contributed by atoms with van der Waals surface area (Å²) in [6.45, 7) is 1.78. The lowest BCUT2D eigenvalue weighted by Crippen LogP contribution is -2.42. The monoisotopic (exact) mass is 231 g/mol. The van der Waals surface area contributed by atoms with Gasteiger partial charge in [0.05, 0.1) is 5.25 Å². The fourth-order valence-electron chi connectivity index (χ4n) is 2.11. The molecule has 0 spiro atoms. The molecule has 88 valence electrons. The van der Waals surface area contributed by atoms with Crippen molar-refractivity contribution < 1.29 is 8.42 Å². The molecule has 0 bridgehead atoms. The summed E-state index contributed by atoms with van der Waals surface area (Å²) in [6.07, 6.45) is 8.04. The van der Waals surface area contributed by atoms with E-state index < -0.39 is 9.84 Å². The van der Waals surface area contributed by atoms with Crippen LogP contribution in [-0.4, -0.2) is 33.0 Å². The van der Waals surface area contributed by atoms with Crippen molar-refractivity contribution in [3.05, 3.63) is 11.6 Å². The lowest BCUT2D eigenvalue weighted by molar-refractivity contribution is 0.531. The highest BCUT2D eigenvalue weighted by atomic mass is 32.2. The van der Waals surface area contributed by atoms with Gasteiger partial charge in [0.1, 0.15) is 0 Å². The summed E-state index contributed by atoms with van der Waals surface area (Å²) < 4.78 is 23.0. The van der Waals surface area contributed by atoms with Crippen LogP contribution in [0.4, 0.5) is 0 Å². The molecule has 0 aromatic carbocycles. The number of nitrogens with one attached hydrogen (secondary N) is 1. The predicted octanol–water partition coefficient (Wildman–Crippen LogP) is 1.51. The predicted molar refractivity (Wildman–Crippen MR) is 63.7 cm³/mol. The molecular weight excluding hydrogens is 210 g/mol. The Labute approximate surface area is 92.9 Å². The maximum atomic E-state index is 11.5. The van der Waals surface area contributed by atoms with Gasteiger partial charge in [-0.05, 0) is 39.7 Å². The van der Waals surface area contributed by atoms with E-state index in [1.807, 2.05) is 7.05 Å². The summed E-state index contributed by atoms with van der Waals surface area (Å²) in [5, 5.41) is 2.79. The second kappa shape index (κ2) is 5.12. The molecule has 0 saturated heterocycles. The topological polar surface area (TPSA) is 46.2 Å². The van der Waals surface area contributed by atoms with Crippen LogP contribution in [0, 0.1) is 0 Å². The second-order valence-electron chi connectivity index (χ2n) is 4.33. The molecule has 2 atom stereocenters. The maximum absolute atomic E-state index is 11.5. The molecule has 0 saturated carbocycles. The highest BCUT2D eigenvalue weighted by Crippen LogP contribution is 2.23. The number of hydrogen-bond donors (Lipinski definition) is 1. The molecule has 1 aliphatic carbocycles. The number of likely N-dealkylation sites (N-methyl/N-ethyl adjacent to an activating group) is 1. The third-order valence-corrected chi connectivity index (χ3v) is 4.80. The number of hydrogen-bond acceptors (Lipinski definition) is 3. The fourth-order valence-corrected chi connectivity index (χ4v) is 2.92. The average molecular weight is 231 g/mol. The fraction of sp³-hybridized carbons (Fsp3) is 0.818. The standard InChI is InChI=1S/C11H21NO2S/c1-9(15(3,13)14)11(12-2)10-7-5-4-6-8-10/h7,9,11-12H,4-6,8H2,1-3H3. The van der Waals surface area contributed by atoms with E-state index in [4.69, 9.17) is 0 Å². The van der Waals surface area contributed by atoms with E-state index in [1.54, 1.807) is 6.92 Å². The maximum Gasteiger partial charge on any atom is 0.151 e. The van der Waals surface area contributed by atoms with Gasteiger partial charge in [0.25, 0.3) is 0 Å². The van der Waals surface area contributed by atoms with Crippen LogP contribution in [0.2, 0.25) is 0 Å². The first kappa shape index (κ1) is 12.7. The van der Waals surface area contributed by atoms with Crippen molar-refractivity contribution >= 4 is 9.84 Å². The van der Waals surface area contributed by atoms with E-state index in [0.29, 0.717) is 0 Å². The van der Waals surface area contributed by atoms with Gasteiger partial charge in [-0.1, -0.05) is 11.6 Å². The summed E-state index contributed by atoms with van der Waals surface area (Å²) in [7, 11) is -1.13. The molecule has 0 fully saturated rings. The first-order valence-electron chi connectivity index (χ1n) is 5.52. The molecular formula is C11H21NO2S. The lowest BCUT2D eigenvalue weighted by Gasteiger charge is -2.27. The third kappa shape index (κ3) is 3.31. The minimum Gasteiger partial charge on any atom is -0.312 e. The molecule has 15 heavy (non-hydrogen) atoms. The van der Waals surface area contributed by atoms with Gasteiger partial charge in [-0.25, -0.2) is 8.42 Å². The minimum atomic E-state index is -2.97. The van der Waals surface area contributed by atoms with Crippen LogP contribution in [0.5, 0.6) is 0 Å². The Balaban J connectivity index is 2.83. The van der Waals surface area contributed by atoms with Crippen molar-refractivity contribution in [2.45, 2.75) is 43.9 Å². The molecule has 1 rings (SSSR count). The molecule has 2 unspecified atom stereocenters. The van der Waals surface area contributed by atoms with Crippen LogP contribution in [0.25, 0.3) is 0 Å². The summed E-state index contributed by atoms with van der Waals surface area (Å²) >= 11 is 0. The Hall–Kier alpha value is -0.350. The van der Waals surface area contributed by atoms with Crippen molar-refractivity contribution in [3.8, 4) is 0 Å². The van der Waals surface area contributed by atoms with Gasteiger partial charge in [-0.15, -0.1) is 0 Å². The third-order valence-electron chi connectivity index (χ3n) is 3.18. The van der Waals surface area contributed by atoms with Crippen LogP contribution < -0.4 is 5.32 Å². The van der Waals surface area contributed by atoms with Gasteiger partial charge in [-0.3, -0.25) is 0 Å². The molecule has 0 aromatic rings. The van der Waals surface area contributed by atoms with E-state index in [1.165, 1.54) is 24.7 Å². The summed E-state index contributed by atoms with van der Waals surface area (Å²) in [6, 6.07) is -0.0136. The summed E-state index contributed by atoms with van der Waals surface area (Å²) in [5.41, 5.74) is 1.27. The summed E-state index contributed by atoms with van der Waals surface area (Å²) in [5.74, 6) is 0. The number of rotatable bonds is 4. The molecule has 3 nitrogen and oxygen atoms in total. The van der Waals surface area contributed by atoms with Crippen LogP contribution in [0.1, 0.15) is 32.6 Å². The van der Waals surface area contributed by atoms with Crippen LogP contribution >= 0.6 is 0 Å². The zero-order chi connectivity index (χ0) is 11.5. The van der Waals surface area contributed by atoms with Crippen molar-refractivity contribution in [1.29, 1.82) is 0 Å². The highest BCUT2D eigenvalue weighted by Gasteiger charge is 2.27. The number of allylic oxidation sites excluding steroid dienone is 1. The van der Waals surface area contributed by atoms with E-state index in [-0.39, 0.29) is 11.3 Å². The Morgan fingerprint density at radius 3 is 2.47 bits per heavy atom. The van der Waals surface area contributed by atoms with Crippen molar-refractivity contribution in [1.82, 2.24) is 5.32 Å². The molecule has 0 aliphatic heterocycles. The van der Waals surface area contributed by atoms with E-state index in [9.17, 15) is 8.42 Å². The quantitative estimate of drug-likeness (QED) is 0.746. The summed E-state index contributed by atoms with van der Waals surface area (Å²) in [4.78, 5) is 0. The van der Waals surface area contributed by atoms with E-state index in [2.05, 4.69) is 11.4 Å². The lowest BCUT2D eigenvalue weighted by atomic mass is 9.92.